The van der Waals surface area contributed by atoms with Crippen molar-refractivity contribution in [2.75, 3.05) is 7.11 Å². The van der Waals surface area contributed by atoms with Crippen molar-refractivity contribution in [3.8, 4) is 5.75 Å². The number of ketones is 1. The predicted molar refractivity (Wildman–Crippen MR) is 78.2 cm³/mol. The Morgan fingerprint density at radius 1 is 1.35 bits per heavy atom. The largest absolute Gasteiger partial charge is 0.496 e. The maximum atomic E-state index is 11.4. The Morgan fingerprint density at radius 2 is 2.05 bits per heavy atom. The normalized spacial score (nSPS) is 10.1. The van der Waals surface area contributed by atoms with Crippen LogP contribution in [0.3, 0.4) is 0 Å². The van der Waals surface area contributed by atoms with E-state index in [1.807, 2.05) is 37.3 Å². The van der Waals surface area contributed by atoms with Crippen molar-refractivity contribution in [1.82, 2.24) is 0 Å². The minimum atomic E-state index is -0.195. The van der Waals surface area contributed by atoms with Gasteiger partial charge in [0.15, 0.2) is 0 Å². The van der Waals surface area contributed by atoms with Crippen molar-refractivity contribution >= 4 is 22.8 Å². The first-order valence-electron chi connectivity index (χ1n) is 6.43. The first-order chi connectivity index (χ1) is 9.67. The van der Waals surface area contributed by atoms with Crippen LogP contribution in [0.15, 0.2) is 30.3 Å². The van der Waals surface area contributed by atoms with Crippen LogP contribution in [0.4, 0.5) is 0 Å². The molecule has 0 spiro atoms. The number of rotatable bonds is 5. The van der Waals surface area contributed by atoms with Gasteiger partial charge in [-0.25, -0.2) is 0 Å². The topological polar surface area (TPSA) is 62.7 Å². The Kier molecular flexibility index (Phi) is 4.28. The van der Waals surface area contributed by atoms with Gasteiger partial charge in [-0.3, -0.25) is 4.79 Å². The number of hydrogen-bond acceptors (Lipinski definition) is 2. The van der Waals surface area contributed by atoms with Gasteiger partial charge in [0.05, 0.1) is 7.11 Å². The quantitative estimate of drug-likeness (QED) is 0.475. The molecule has 0 saturated carbocycles. The first-order valence-corrected chi connectivity index (χ1v) is 6.43. The molecular weight excluding hydrogens is 252 g/mol. The Bertz CT molecular complexity index is 701. The molecule has 0 aliphatic heterocycles. The first kappa shape index (κ1) is 14.0. The lowest BCUT2D eigenvalue weighted by Crippen LogP contribution is -2.03. The average Bonchev–Trinajstić information content (AvgIpc) is 2.47. The van der Waals surface area contributed by atoms with Gasteiger partial charge in [-0.2, -0.15) is 4.79 Å². The summed E-state index contributed by atoms with van der Waals surface area (Å²) in [4.78, 5) is 14.2. The standard InChI is InChI=1S/C16H16N2O2/c1-11-12(7-8-13(19)10-18-17)9-16(20-2)15-6-4-3-5-14(11)15/h3-6,9-10H,7-8H2,1-2H3. The summed E-state index contributed by atoms with van der Waals surface area (Å²) in [6, 6.07) is 10.0. The Morgan fingerprint density at radius 3 is 2.70 bits per heavy atom. The fraction of sp³-hybridized carbons (Fsp3) is 0.250. The van der Waals surface area contributed by atoms with E-state index in [0.717, 1.165) is 33.9 Å². The molecule has 0 radical (unpaired) electrons. The lowest BCUT2D eigenvalue weighted by atomic mass is 9.96. The molecule has 0 atom stereocenters. The van der Waals surface area contributed by atoms with Gasteiger partial charge < -0.3 is 10.3 Å². The molecular formula is C16H16N2O2. The average molecular weight is 268 g/mol. The molecule has 4 heteroatoms. The van der Waals surface area contributed by atoms with Gasteiger partial charge in [0, 0.05) is 11.8 Å². The molecule has 0 saturated heterocycles. The highest BCUT2D eigenvalue weighted by molar-refractivity contribution is 6.25. The summed E-state index contributed by atoms with van der Waals surface area (Å²) in [5, 5.41) is 2.20. The van der Waals surface area contributed by atoms with Crippen LogP contribution >= 0.6 is 0 Å². The van der Waals surface area contributed by atoms with Gasteiger partial charge in [-0.15, -0.1) is 0 Å². The SMILES string of the molecule is COc1cc(CCC(=O)C=[N+]=[N-])c(C)c2ccccc12. The molecule has 20 heavy (non-hydrogen) atoms. The van der Waals surface area contributed by atoms with Gasteiger partial charge in [0.1, 0.15) is 5.75 Å². The van der Waals surface area contributed by atoms with E-state index in [0.29, 0.717) is 12.8 Å². The van der Waals surface area contributed by atoms with Crippen molar-refractivity contribution in [2.45, 2.75) is 19.8 Å². The summed E-state index contributed by atoms with van der Waals surface area (Å²) < 4.78 is 5.43. The van der Waals surface area contributed by atoms with Crippen LogP contribution < -0.4 is 4.74 Å². The molecule has 0 amide bonds. The third-order valence-corrected chi connectivity index (χ3v) is 3.45. The number of Topliss-reactive ketones (excluding diaryl/α,β-unsaturated/α-hetero) is 1. The molecule has 0 unspecified atom stereocenters. The third-order valence-electron chi connectivity index (χ3n) is 3.45. The molecule has 2 aromatic rings. The number of carbonyl (C=O) groups is 1. The van der Waals surface area contributed by atoms with Gasteiger partial charge in [-0.1, -0.05) is 24.3 Å². The zero-order valence-electron chi connectivity index (χ0n) is 11.6. The summed E-state index contributed by atoms with van der Waals surface area (Å²) >= 11 is 0. The van der Waals surface area contributed by atoms with Crippen molar-refractivity contribution in [1.29, 1.82) is 0 Å². The molecule has 0 aromatic heterocycles. The highest BCUT2D eigenvalue weighted by atomic mass is 16.5. The van der Waals surface area contributed by atoms with E-state index < -0.39 is 0 Å². The number of ether oxygens (including phenoxy) is 1. The fourth-order valence-electron chi connectivity index (χ4n) is 2.36. The predicted octanol–water partition coefficient (Wildman–Crippen LogP) is 2.96. The minimum Gasteiger partial charge on any atom is -0.496 e. The zero-order valence-corrected chi connectivity index (χ0v) is 11.6. The second-order valence-electron chi connectivity index (χ2n) is 4.62. The summed E-state index contributed by atoms with van der Waals surface area (Å²) in [5.74, 6) is 0.614. The number of methoxy groups -OCH3 is 1. The van der Waals surface area contributed by atoms with Gasteiger partial charge in [-0.05, 0) is 35.9 Å². The zero-order chi connectivity index (χ0) is 14.5. The lowest BCUT2D eigenvalue weighted by molar-refractivity contribution is -0.116. The van der Waals surface area contributed by atoms with Crippen molar-refractivity contribution in [2.24, 2.45) is 0 Å². The van der Waals surface area contributed by atoms with Crippen LogP contribution in [0.1, 0.15) is 17.5 Å². The molecule has 0 N–H and O–H groups in total. The van der Waals surface area contributed by atoms with Gasteiger partial charge in [0.2, 0.25) is 5.78 Å². The van der Waals surface area contributed by atoms with Gasteiger partial charge >= 0.3 is 6.21 Å². The van der Waals surface area contributed by atoms with E-state index in [4.69, 9.17) is 10.3 Å². The number of nitrogens with zero attached hydrogens (tertiary/aromatic N) is 2. The molecule has 2 rings (SSSR count). The molecule has 0 fully saturated rings. The van der Waals surface area contributed by atoms with Crippen LogP contribution in [0.2, 0.25) is 0 Å². The van der Waals surface area contributed by atoms with Gasteiger partial charge in [0.25, 0.3) is 0 Å². The van der Waals surface area contributed by atoms with E-state index in [1.165, 1.54) is 0 Å². The van der Waals surface area contributed by atoms with Crippen LogP contribution in [0.5, 0.6) is 5.75 Å². The molecule has 2 aromatic carbocycles. The molecule has 102 valence electrons. The van der Waals surface area contributed by atoms with Crippen molar-refractivity contribution in [3.05, 3.63) is 47.0 Å². The molecule has 4 nitrogen and oxygen atoms in total. The number of fused-ring (bicyclic) bond motifs is 1. The van der Waals surface area contributed by atoms with Crippen LogP contribution in [-0.4, -0.2) is 23.9 Å². The minimum absolute atomic E-state index is 0.195. The fourth-order valence-corrected chi connectivity index (χ4v) is 2.36. The van der Waals surface area contributed by atoms with E-state index in [1.54, 1.807) is 7.11 Å². The molecule has 0 aliphatic rings. The van der Waals surface area contributed by atoms with E-state index in [-0.39, 0.29) is 5.78 Å². The summed E-state index contributed by atoms with van der Waals surface area (Å²) in [5.41, 5.74) is 10.6. The molecule has 0 bridgehead atoms. The Hall–Kier alpha value is -2.45. The summed E-state index contributed by atoms with van der Waals surface area (Å²) in [6.45, 7) is 2.04. The number of aryl methyl sites for hydroxylation is 2. The monoisotopic (exact) mass is 268 g/mol. The van der Waals surface area contributed by atoms with Crippen molar-refractivity contribution in [3.63, 3.8) is 0 Å². The lowest BCUT2D eigenvalue weighted by Gasteiger charge is -2.12. The van der Waals surface area contributed by atoms with E-state index in [9.17, 15) is 4.79 Å². The smallest absolute Gasteiger partial charge is 0.323 e. The highest BCUT2D eigenvalue weighted by Crippen LogP contribution is 2.31. The molecule has 0 aliphatic carbocycles. The van der Waals surface area contributed by atoms with E-state index >= 15 is 0 Å². The highest BCUT2D eigenvalue weighted by Gasteiger charge is 2.11. The Labute approximate surface area is 117 Å². The second-order valence-corrected chi connectivity index (χ2v) is 4.62. The Balaban J connectivity index is 2.41. The number of hydrogen-bond donors (Lipinski definition) is 0. The maximum absolute atomic E-state index is 11.4. The van der Waals surface area contributed by atoms with Crippen molar-refractivity contribution < 1.29 is 14.3 Å². The van der Waals surface area contributed by atoms with E-state index in [2.05, 4.69) is 4.79 Å². The third kappa shape index (κ3) is 2.76. The van der Waals surface area contributed by atoms with Crippen LogP contribution in [0, 0.1) is 6.92 Å². The number of carbonyl (C=O) groups excluding carboxylic acids is 1. The number of benzene rings is 2. The second kappa shape index (κ2) is 6.13. The summed E-state index contributed by atoms with van der Waals surface area (Å²) in [7, 11) is 1.64. The van der Waals surface area contributed by atoms with Crippen LogP contribution in [0.25, 0.3) is 16.3 Å². The maximum Gasteiger partial charge on any atom is 0.323 e. The van der Waals surface area contributed by atoms with Crippen LogP contribution in [-0.2, 0) is 11.2 Å². The molecule has 0 heterocycles. The summed E-state index contributed by atoms with van der Waals surface area (Å²) in [6.07, 6.45) is 1.85.